The van der Waals surface area contributed by atoms with Crippen LogP contribution in [0.15, 0.2) is 72.1 Å². The summed E-state index contributed by atoms with van der Waals surface area (Å²) in [6, 6.07) is 16.0. The van der Waals surface area contributed by atoms with Crippen molar-refractivity contribution < 1.29 is 13.2 Å². The number of nitrogens with zero attached hydrogens (tertiary/aromatic N) is 2. The molecule has 0 aliphatic carbocycles. The van der Waals surface area contributed by atoms with E-state index in [2.05, 4.69) is 21.7 Å². The molecule has 1 aromatic heterocycles. The summed E-state index contributed by atoms with van der Waals surface area (Å²) in [5.41, 5.74) is 4.19. The molecule has 1 amide bonds. The van der Waals surface area contributed by atoms with Gasteiger partial charge in [-0.1, -0.05) is 42.5 Å². The van der Waals surface area contributed by atoms with Crippen molar-refractivity contribution in [2.24, 2.45) is 0 Å². The first-order valence-corrected chi connectivity index (χ1v) is 11.4. The second-order valence-corrected chi connectivity index (χ2v) is 8.91. The van der Waals surface area contributed by atoms with Crippen LogP contribution in [-0.4, -0.2) is 30.7 Å². The zero-order chi connectivity index (χ0) is 22.4. The maximum Gasteiger partial charge on any atom is 0.251 e. The van der Waals surface area contributed by atoms with Crippen LogP contribution in [0.1, 0.15) is 32.9 Å². The summed E-state index contributed by atoms with van der Waals surface area (Å²) in [6.07, 6.45) is 1.46. The Morgan fingerprint density at radius 2 is 1.87 bits per heavy atom. The van der Waals surface area contributed by atoms with Crippen LogP contribution in [-0.2, 0) is 23.1 Å². The molecule has 0 atom stereocenters. The molecule has 7 nitrogen and oxygen atoms in total. The normalized spacial score (nSPS) is 11.3. The van der Waals surface area contributed by atoms with Crippen molar-refractivity contribution in [1.29, 1.82) is 0 Å². The number of carbonyl (C=O) groups excluding carboxylic acids is 1. The van der Waals surface area contributed by atoms with E-state index in [1.165, 1.54) is 18.2 Å². The molecule has 1 heterocycles. The van der Waals surface area contributed by atoms with Crippen molar-refractivity contribution in [3.8, 4) is 0 Å². The average Bonchev–Trinajstić information content (AvgIpc) is 3.03. The second-order valence-electron chi connectivity index (χ2n) is 7.14. The Labute approximate surface area is 182 Å². The molecule has 0 fully saturated rings. The Morgan fingerprint density at radius 3 is 2.58 bits per heavy atom. The van der Waals surface area contributed by atoms with E-state index in [0.717, 1.165) is 22.5 Å². The number of benzene rings is 2. The third kappa shape index (κ3) is 5.48. The molecule has 0 saturated heterocycles. The summed E-state index contributed by atoms with van der Waals surface area (Å²) < 4.78 is 28.9. The Balaban J connectivity index is 1.71. The van der Waals surface area contributed by atoms with Crippen LogP contribution in [0.5, 0.6) is 0 Å². The van der Waals surface area contributed by atoms with Crippen LogP contribution in [0, 0.1) is 13.8 Å². The van der Waals surface area contributed by atoms with Gasteiger partial charge in [-0.05, 0) is 37.6 Å². The molecule has 8 heteroatoms. The molecular formula is C23H26N4O3S. The zero-order valence-corrected chi connectivity index (χ0v) is 18.4. The molecule has 0 aliphatic heterocycles. The number of hydrogen-bond donors (Lipinski definition) is 2. The molecule has 0 unspecified atom stereocenters. The van der Waals surface area contributed by atoms with Crippen molar-refractivity contribution in [3.63, 3.8) is 0 Å². The number of hydrogen-bond acceptors (Lipinski definition) is 4. The molecule has 31 heavy (non-hydrogen) atoms. The lowest BCUT2D eigenvalue weighted by molar-refractivity contribution is 0.0950. The highest BCUT2D eigenvalue weighted by Gasteiger charge is 2.17. The van der Waals surface area contributed by atoms with Crippen LogP contribution in [0.4, 0.5) is 0 Å². The summed E-state index contributed by atoms with van der Waals surface area (Å²) in [4.78, 5) is 12.7. The van der Waals surface area contributed by atoms with Gasteiger partial charge in [-0.15, -0.1) is 6.58 Å². The fourth-order valence-corrected chi connectivity index (χ4v) is 4.27. The zero-order valence-electron chi connectivity index (χ0n) is 17.6. The van der Waals surface area contributed by atoms with Gasteiger partial charge in [0.15, 0.2) is 0 Å². The lowest BCUT2D eigenvalue weighted by Gasteiger charge is -2.09. The summed E-state index contributed by atoms with van der Waals surface area (Å²) in [7, 11) is -3.70. The molecule has 3 aromatic rings. The molecule has 2 N–H and O–H groups in total. The number of rotatable bonds is 9. The van der Waals surface area contributed by atoms with Gasteiger partial charge >= 0.3 is 0 Å². The van der Waals surface area contributed by atoms with E-state index < -0.39 is 10.0 Å². The van der Waals surface area contributed by atoms with Crippen molar-refractivity contribution in [1.82, 2.24) is 19.8 Å². The standard InChI is InChI=1S/C23H26N4O3S/c1-4-13-25-31(29,30)21-12-8-11-20(14-21)23(28)24-15-22-17(2)26-27(18(22)3)16-19-9-6-5-7-10-19/h4-12,14,25H,1,13,15-16H2,2-3H3,(H,24,28). The molecule has 162 valence electrons. The number of carbonyl (C=O) groups is 1. The van der Waals surface area contributed by atoms with E-state index in [1.54, 1.807) is 12.1 Å². The van der Waals surface area contributed by atoms with Crippen molar-refractivity contribution >= 4 is 15.9 Å². The Kier molecular flexibility index (Phi) is 7.04. The van der Waals surface area contributed by atoms with E-state index in [4.69, 9.17) is 0 Å². The van der Waals surface area contributed by atoms with Gasteiger partial charge in [0.1, 0.15) is 0 Å². The number of amides is 1. The van der Waals surface area contributed by atoms with Crippen molar-refractivity contribution in [2.45, 2.75) is 31.8 Å². The van der Waals surface area contributed by atoms with E-state index in [-0.39, 0.29) is 22.9 Å². The topological polar surface area (TPSA) is 93.1 Å². The van der Waals surface area contributed by atoms with Crippen LogP contribution in [0.25, 0.3) is 0 Å². The Morgan fingerprint density at radius 1 is 1.13 bits per heavy atom. The molecule has 0 saturated carbocycles. The first-order valence-electron chi connectivity index (χ1n) is 9.87. The first kappa shape index (κ1) is 22.5. The molecule has 3 rings (SSSR count). The summed E-state index contributed by atoms with van der Waals surface area (Å²) in [5, 5.41) is 7.47. The predicted octanol–water partition coefficient (Wildman–Crippen LogP) is 2.94. The monoisotopic (exact) mass is 438 g/mol. The number of aromatic nitrogens is 2. The van der Waals surface area contributed by atoms with E-state index in [1.807, 2.05) is 48.9 Å². The van der Waals surface area contributed by atoms with Crippen LogP contribution >= 0.6 is 0 Å². The minimum absolute atomic E-state index is 0.0324. The van der Waals surface area contributed by atoms with Crippen LogP contribution in [0.2, 0.25) is 0 Å². The lowest BCUT2D eigenvalue weighted by Crippen LogP contribution is -2.26. The fraction of sp³-hybridized carbons (Fsp3) is 0.217. The van der Waals surface area contributed by atoms with E-state index in [0.29, 0.717) is 13.1 Å². The largest absolute Gasteiger partial charge is 0.348 e. The van der Waals surface area contributed by atoms with Gasteiger partial charge in [0, 0.05) is 29.9 Å². The molecule has 0 radical (unpaired) electrons. The van der Waals surface area contributed by atoms with E-state index >= 15 is 0 Å². The molecule has 0 aliphatic rings. The minimum Gasteiger partial charge on any atom is -0.348 e. The molecule has 0 spiro atoms. The summed E-state index contributed by atoms with van der Waals surface area (Å²) in [6.45, 7) is 8.45. The second kappa shape index (κ2) is 9.72. The fourth-order valence-electron chi connectivity index (χ4n) is 3.23. The quantitative estimate of drug-likeness (QED) is 0.503. The number of sulfonamides is 1. The first-order chi connectivity index (χ1) is 14.8. The SMILES string of the molecule is C=CCNS(=O)(=O)c1cccc(C(=O)NCc2c(C)nn(Cc3ccccc3)c2C)c1. The van der Waals surface area contributed by atoms with Gasteiger partial charge < -0.3 is 5.32 Å². The Bertz CT molecular complexity index is 1180. The lowest BCUT2D eigenvalue weighted by atomic mass is 10.1. The predicted molar refractivity (Wildman–Crippen MR) is 120 cm³/mol. The number of aryl methyl sites for hydroxylation is 1. The third-order valence-corrected chi connectivity index (χ3v) is 6.38. The summed E-state index contributed by atoms with van der Waals surface area (Å²) in [5.74, 6) is -0.351. The van der Waals surface area contributed by atoms with Gasteiger partial charge in [0.2, 0.25) is 10.0 Å². The minimum atomic E-state index is -3.70. The van der Waals surface area contributed by atoms with Crippen molar-refractivity contribution in [2.75, 3.05) is 6.54 Å². The van der Waals surface area contributed by atoms with E-state index in [9.17, 15) is 13.2 Å². The van der Waals surface area contributed by atoms with Gasteiger partial charge in [-0.25, -0.2) is 13.1 Å². The van der Waals surface area contributed by atoms with Gasteiger partial charge in [-0.3, -0.25) is 9.48 Å². The van der Waals surface area contributed by atoms with Crippen LogP contribution in [0.3, 0.4) is 0 Å². The average molecular weight is 439 g/mol. The van der Waals surface area contributed by atoms with Gasteiger partial charge in [0.25, 0.3) is 5.91 Å². The number of nitrogens with one attached hydrogen (secondary N) is 2. The smallest absolute Gasteiger partial charge is 0.251 e. The Hall–Kier alpha value is -3.23. The molecular weight excluding hydrogens is 412 g/mol. The van der Waals surface area contributed by atoms with Gasteiger partial charge in [0.05, 0.1) is 17.1 Å². The summed E-state index contributed by atoms with van der Waals surface area (Å²) >= 11 is 0. The highest BCUT2D eigenvalue weighted by Crippen LogP contribution is 2.16. The maximum atomic E-state index is 12.7. The third-order valence-electron chi connectivity index (χ3n) is 4.96. The van der Waals surface area contributed by atoms with Crippen molar-refractivity contribution in [3.05, 3.63) is 95.3 Å². The highest BCUT2D eigenvalue weighted by molar-refractivity contribution is 7.89. The molecule has 2 aromatic carbocycles. The maximum absolute atomic E-state index is 12.7. The van der Waals surface area contributed by atoms with Crippen LogP contribution < -0.4 is 10.0 Å². The van der Waals surface area contributed by atoms with Gasteiger partial charge in [-0.2, -0.15) is 5.10 Å². The highest BCUT2D eigenvalue weighted by atomic mass is 32.2. The molecule has 0 bridgehead atoms.